The van der Waals surface area contributed by atoms with Crippen LogP contribution in [0.5, 0.6) is 0 Å². The van der Waals surface area contributed by atoms with E-state index in [4.69, 9.17) is 16.0 Å². The molecular weight excluding hydrogens is 448 g/mol. The summed E-state index contributed by atoms with van der Waals surface area (Å²) < 4.78 is 2.18. The van der Waals surface area contributed by atoms with E-state index in [1.54, 1.807) is 30.5 Å². The molecule has 3 aromatic heterocycles. The number of hydrogen-bond donors (Lipinski definition) is 2. The number of amides is 2. The SMILES string of the molecule is N#Cc1ccc(C(=O)NC2CCCC(n3c(-c4ccccn4)nc4cc(C(N)=O)ccc43)C2)s1. The van der Waals surface area contributed by atoms with Gasteiger partial charge in [-0.25, -0.2) is 4.98 Å². The zero-order chi connectivity index (χ0) is 23.7. The van der Waals surface area contributed by atoms with Gasteiger partial charge in [0.1, 0.15) is 16.6 Å². The van der Waals surface area contributed by atoms with E-state index in [2.05, 4.69) is 20.9 Å². The second-order valence-corrected chi connectivity index (χ2v) is 9.44. The first-order valence-corrected chi connectivity index (χ1v) is 11.9. The van der Waals surface area contributed by atoms with Crippen LogP contribution in [0.4, 0.5) is 0 Å². The molecule has 170 valence electrons. The van der Waals surface area contributed by atoms with Crippen LogP contribution in [0.3, 0.4) is 0 Å². The van der Waals surface area contributed by atoms with E-state index >= 15 is 0 Å². The quantitative estimate of drug-likeness (QED) is 0.455. The van der Waals surface area contributed by atoms with Gasteiger partial charge < -0.3 is 15.6 Å². The van der Waals surface area contributed by atoms with Crippen molar-refractivity contribution in [3.05, 3.63) is 70.0 Å². The number of benzene rings is 1. The van der Waals surface area contributed by atoms with E-state index in [9.17, 15) is 9.59 Å². The molecule has 1 aliphatic rings. The highest BCUT2D eigenvalue weighted by Crippen LogP contribution is 2.36. The molecule has 2 amide bonds. The van der Waals surface area contributed by atoms with Gasteiger partial charge in [0.05, 0.1) is 15.9 Å². The number of nitrogens with zero attached hydrogens (tertiary/aromatic N) is 4. The Morgan fingerprint density at radius 3 is 2.79 bits per heavy atom. The standard InChI is InChI=1S/C25H22N6O2S/c26-14-18-8-10-22(34-18)25(33)29-16-4-3-5-17(13-16)31-21-9-7-15(23(27)32)12-20(21)30-24(31)19-6-1-2-11-28-19/h1-2,6-12,16-17H,3-5,13H2,(H2,27,32)(H,29,33). The van der Waals surface area contributed by atoms with Crippen molar-refractivity contribution in [2.75, 3.05) is 0 Å². The molecule has 0 saturated heterocycles. The molecule has 4 aromatic rings. The maximum Gasteiger partial charge on any atom is 0.261 e. The Balaban J connectivity index is 1.48. The highest BCUT2D eigenvalue weighted by atomic mass is 32.1. The fourth-order valence-electron chi connectivity index (χ4n) is 4.60. The molecule has 8 nitrogen and oxygen atoms in total. The predicted molar refractivity (Wildman–Crippen MR) is 129 cm³/mol. The minimum Gasteiger partial charge on any atom is -0.366 e. The van der Waals surface area contributed by atoms with Gasteiger partial charge in [0.2, 0.25) is 5.91 Å². The maximum atomic E-state index is 12.8. The molecule has 1 saturated carbocycles. The molecule has 9 heteroatoms. The third-order valence-electron chi connectivity index (χ3n) is 6.15. The summed E-state index contributed by atoms with van der Waals surface area (Å²) >= 11 is 1.20. The molecule has 2 unspecified atom stereocenters. The molecule has 0 spiro atoms. The molecule has 1 aliphatic carbocycles. The second-order valence-electron chi connectivity index (χ2n) is 8.35. The van der Waals surface area contributed by atoms with Crippen molar-refractivity contribution in [3.8, 4) is 17.6 Å². The largest absolute Gasteiger partial charge is 0.366 e. The van der Waals surface area contributed by atoms with E-state index in [1.807, 2.05) is 24.3 Å². The van der Waals surface area contributed by atoms with Crippen molar-refractivity contribution in [2.45, 2.75) is 37.8 Å². The Labute approximate surface area is 200 Å². The van der Waals surface area contributed by atoms with Gasteiger partial charge in [-0.1, -0.05) is 6.07 Å². The number of nitrogens with one attached hydrogen (secondary N) is 1. The van der Waals surface area contributed by atoms with Gasteiger partial charge in [0.25, 0.3) is 5.91 Å². The van der Waals surface area contributed by atoms with Crippen LogP contribution < -0.4 is 11.1 Å². The molecule has 5 rings (SSSR count). The molecule has 2 atom stereocenters. The van der Waals surface area contributed by atoms with E-state index in [0.717, 1.165) is 42.7 Å². The van der Waals surface area contributed by atoms with E-state index in [0.29, 0.717) is 20.8 Å². The summed E-state index contributed by atoms with van der Waals surface area (Å²) in [5.74, 6) is 0.0826. The number of rotatable bonds is 5. The minimum absolute atomic E-state index is 0.00203. The lowest BCUT2D eigenvalue weighted by atomic mass is 9.90. The molecule has 3 N–H and O–H groups in total. The van der Waals surface area contributed by atoms with Crippen LogP contribution in [0.1, 0.15) is 56.6 Å². The first-order valence-electron chi connectivity index (χ1n) is 11.1. The lowest BCUT2D eigenvalue weighted by Gasteiger charge is -2.31. The maximum absolute atomic E-state index is 12.8. The predicted octanol–water partition coefficient (Wildman–Crippen LogP) is 4.04. The minimum atomic E-state index is -0.496. The summed E-state index contributed by atoms with van der Waals surface area (Å²) in [5.41, 5.74) is 8.22. The number of carbonyl (C=O) groups excluding carboxylic acids is 2. The number of hydrogen-bond acceptors (Lipinski definition) is 6. The van der Waals surface area contributed by atoms with Crippen molar-refractivity contribution in [2.24, 2.45) is 5.73 Å². The fraction of sp³-hybridized carbons (Fsp3) is 0.240. The van der Waals surface area contributed by atoms with Gasteiger partial charge in [-0.3, -0.25) is 14.6 Å². The first-order chi connectivity index (χ1) is 16.5. The van der Waals surface area contributed by atoms with Gasteiger partial charge >= 0.3 is 0 Å². The summed E-state index contributed by atoms with van der Waals surface area (Å²) in [6.07, 6.45) is 5.24. The topological polar surface area (TPSA) is 127 Å². The third kappa shape index (κ3) is 4.16. The van der Waals surface area contributed by atoms with Crippen LogP contribution in [0.25, 0.3) is 22.6 Å². The summed E-state index contributed by atoms with van der Waals surface area (Å²) in [6.45, 7) is 0. The van der Waals surface area contributed by atoms with Gasteiger partial charge in [-0.05, 0) is 68.1 Å². The summed E-state index contributed by atoms with van der Waals surface area (Å²) in [5, 5.41) is 12.2. The Kier molecular flexibility index (Phi) is 5.82. The first kappa shape index (κ1) is 21.8. The zero-order valence-electron chi connectivity index (χ0n) is 18.3. The van der Waals surface area contributed by atoms with E-state index in [1.165, 1.54) is 11.3 Å². The Hall–Kier alpha value is -4.03. The number of nitrogens with two attached hydrogens (primary N) is 1. The van der Waals surface area contributed by atoms with Crippen molar-refractivity contribution in [1.82, 2.24) is 19.9 Å². The van der Waals surface area contributed by atoms with Gasteiger partial charge in [0.15, 0.2) is 5.82 Å². The summed E-state index contributed by atoms with van der Waals surface area (Å²) in [4.78, 5) is 34.9. The molecule has 3 heterocycles. The fourth-order valence-corrected chi connectivity index (χ4v) is 5.31. The number of nitriles is 1. The van der Waals surface area contributed by atoms with Crippen LogP contribution in [0, 0.1) is 11.3 Å². The van der Waals surface area contributed by atoms with Crippen LogP contribution in [0.2, 0.25) is 0 Å². The number of pyridine rings is 1. The normalized spacial score (nSPS) is 17.9. The highest BCUT2D eigenvalue weighted by Gasteiger charge is 2.29. The average molecular weight is 471 g/mol. The Bertz CT molecular complexity index is 1420. The molecule has 34 heavy (non-hydrogen) atoms. The number of carbonyl (C=O) groups is 2. The number of imidazole rings is 1. The smallest absolute Gasteiger partial charge is 0.261 e. The molecule has 0 radical (unpaired) electrons. The van der Waals surface area contributed by atoms with E-state index < -0.39 is 5.91 Å². The molecule has 0 aliphatic heterocycles. The number of aromatic nitrogens is 3. The van der Waals surface area contributed by atoms with Crippen molar-refractivity contribution in [1.29, 1.82) is 5.26 Å². The highest BCUT2D eigenvalue weighted by molar-refractivity contribution is 7.14. The van der Waals surface area contributed by atoms with Crippen LogP contribution in [-0.2, 0) is 0 Å². The van der Waals surface area contributed by atoms with Crippen LogP contribution in [-0.4, -0.2) is 32.4 Å². The van der Waals surface area contributed by atoms with Gasteiger partial charge in [-0.15, -0.1) is 11.3 Å². The van der Waals surface area contributed by atoms with Crippen molar-refractivity contribution < 1.29 is 9.59 Å². The Morgan fingerprint density at radius 1 is 1.18 bits per heavy atom. The van der Waals surface area contributed by atoms with Gasteiger partial charge in [0, 0.05) is 23.8 Å². The Morgan fingerprint density at radius 2 is 2.06 bits per heavy atom. The number of fused-ring (bicyclic) bond motifs is 1. The summed E-state index contributed by atoms with van der Waals surface area (Å²) in [6, 6.07) is 16.5. The lowest BCUT2D eigenvalue weighted by molar-refractivity contribution is 0.0924. The monoisotopic (exact) mass is 470 g/mol. The van der Waals surface area contributed by atoms with Crippen LogP contribution >= 0.6 is 11.3 Å². The molecule has 0 bridgehead atoms. The molecular formula is C25H22N6O2S. The van der Waals surface area contributed by atoms with E-state index in [-0.39, 0.29) is 18.0 Å². The van der Waals surface area contributed by atoms with Crippen LogP contribution in [0.15, 0.2) is 54.7 Å². The number of thiophene rings is 1. The van der Waals surface area contributed by atoms with Crippen molar-refractivity contribution in [3.63, 3.8) is 0 Å². The van der Waals surface area contributed by atoms with Gasteiger partial charge in [-0.2, -0.15) is 5.26 Å². The molecule has 1 aromatic carbocycles. The average Bonchev–Trinajstić information content (AvgIpc) is 3.49. The lowest BCUT2D eigenvalue weighted by Crippen LogP contribution is -2.38. The van der Waals surface area contributed by atoms with Crippen molar-refractivity contribution >= 4 is 34.2 Å². The second kappa shape index (κ2) is 9.08. The number of primary amides is 1. The zero-order valence-corrected chi connectivity index (χ0v) is 19.1. The third-order valence-corrected chi connectivity index (χ3v) is 7.14. The molecule has 1 fully saturated rings. The summed E-state index contributed by atoms with van der Waals surface area (Å²) in [7, 11) is 0.